The molecule has 1 fully saturated rings. The summed E-state index contributed by atoms with van der Waals surface area (Å²) in [4.78, 5) is 16.9. The summed E-state index contributed by atoms with van der Waals surface area (Å²) in [6.07, 6.45) is 5.24. The molecule has 6 nitrogen and oxygen atoms in total. The van der Waals surface area contributed by atoms with Crippen molar-refractivity contribution in [1.82, 2.24) is 20.0 Å². The Labute approximate surface area is 156 Å². The quantitative estimate of drug-likeness (QED) is 0.722. The second kappa shape index (κ2) is 6.61. The van der Waals surface area contributed by atoms with E-state index in [9.17, 15) is 4.79 Å². The number of nitrogens with zero attached hydrogens (tertiary/aromatic N) is 3. The molecular weight excluding hydrogens is 352 g/mol. The van der Waals surface area contributed by atoms with Crippen molar-refractivity contribution < 1.29 is 9.32 Å². The van der Waals surface area contributed by atoms with Gasteiger partial charge in [0.25, 0.3) is 0 Å². The molecule has 7 heteroatoms. The maximum atomic E-state index is 12.7. The summed E-state index contributed by atoms with van der Waals surface area (Å²) in [5, 5.41) is 7.84. The molecule has 4 rings (SSSR count). The fourth-order valence-electron chi connectivity index (χ4n) is 3.07. The molecule has 1 aliphatic rings. The summed E-state index contributed by atoms with van der Waals surface area (Å²) in [5.74, 6) is 1.58. The van der Waals surface area contributed by atoms with E-state index >= 15 is 0 Å². The second-order valence-corrected chi connectivity index (χ2v) is 7.03. The van der Waals surface area contributed by atoms with E-state index in [4.69, 9.17) is 16.1 Å². The third-order valence-corrected chi connectivity index (χ3v) is 5.13. The zero-order valence-corrected chi connectivity index (χ0v) is 15.2. The zero-order valence-electron chi connectivity index (χ0n) is 14.4. The predicted molar refractivity (Wildman–Crippen MR) is 97.8 cm³/mol. The van der Waals surface area contributed by atoms with Gasteiger partial charge >= 0.3 is 0 Å². The van der Waals surface area contributed by atoms with Crippen LogP contribution in [0.3, 0.4) is 0 Å². The van der Waals surface area contributed by atoms with Gasteiger partial charge < -0.3 is 14.4 Å². The van der Waals surface area contributed by atoms with E-state index in [0.29, 0.717) is 29.6 Å². The Morgan fingerprint density at radius 2 is 2.12 bits per heavy atom. The van der Waals surface area contributed by atoms with Crippen molar-refractivity contribution >= 4 is 17.5 Å². The summed E-state index contributed by atoms with van der Waals surface area (Å²) in [5.41, 5.74) is 1.02. The number of benzene rings is 1. The molecular formula is C19H19ClN4O2. The van der Waals surface area contributed by atoms with E-state index in [-0.39, 0.29) is 5.91 Å². The van der Waals surface area contributed by atoms with Gasteiger partial charge in [0, 0.05) is 42.1 Å². The smallest absolute Gasteiger partial charge is 0.232 e. The molecule has 3 aromatic rings. The maximum absolute atomic E-state index is 12.7. The average Bonchev–Trinajstić information content (AvgIpc) is 3.12. The van der Waals surface area contributed by atoms with Crippen molar-refractivity contribution in [3.8, 4) is 11.3 Å². The van der Waals surface area contributed by atoms with Crippen molar-refractivity contribution in [3.63, 3.8) is 0 Å². The Kier molecular flexibility index (Phi) is 4.28. The number of aromatic nitrogens is 3. The molecule has 0 unspecified atom stereocenters. The van der Waals surface area contributed by atoms with Gasteiger partial charge in [0.1, 0.15) is 5.82 Å². The molecule has 1 saturated carbocycles. The number of halogens is 1. The Morgan fingerprint density at radius 1 is 1.35 bits per heavy atom. The number of hydrogen-bond donors (Lipinski definition) is 1. The van der Waals surface area contributed by atoms with Gasteiger partial charge in [-0.1, -0.05) is 16.8 Å². The van der Waals surface area contributed by atoms with Gasteiger partial charge in [-0.2, -0.15) is 0 Å². The van der Waals surface area contributed by atoms with Crippen LogP contribution in [0.2, 0.25) is 5.02 Å². The minimum atomic E-state index is -0.557. The fraction of sp³-hybridized carbons (Fsp3) is 0.316. The van der Waals surface area contributed by atoms with Gasteiger partial charge in [0.15, 0.2) is 5.76 Å². The highest BCUT2D eigenvalue weighted by Gasteiger charge is 2.53. The van der Waals surface area contributed by atoms with E-state index in [1.54, 1.807) is 18.3 Å². The number of carbonyl (C=O) groups excluding carboxylic acids is 1. The van der Waals surface area contributed by atoms with Crippen molar-refractivity contribution in [2.45, 2.75) is 31.7 Å². The van der Waals surface area contributed by atoms with Crippen LogP contribution in [0.1, 0.15) is 24.4 Å². The normalized spacial score (nSPS) is 15.0. The van der Waals surface area contributed by atoms with E-state index in [2.05, 4.69) is 15.5 Å². The lowest BCUT2D eigenvalue weighted by molar-refractivity contribution is -0.123. The summed E-state index contributed by atoms with van der Waals surface area (Å²) >= 11 is 5.92. The van der Waals surface area contributed by atoms with Gasteiger partial charge in [-0.3, -0.25) is 4.79 Å². The molecule has 1 aromatic carbocycles. The number of amides is 1. The minimum Gasteiger partial charge on any atom is -0.356 e. The van der Waals surface area contributed by atoms with Crippen molar-refractivity contribution in [2.24, 2.45) is 0 Å². The van der Waals surface area contributed by atoms with E-state index in [1.807, 2.05) is 35.9 Å². The molecule has 0 bridgehead atoms. The molecule has 134 valence electrons. The molecule has 26 heavy (non-hydrogen) atoms. The van der Waals surface area contributed by atoms with Crippen LogP contribution < -0.4 is 5.32 Å². The molecule has 0 radical (unpaired) electrons. The Hall–Kier alpha value is -2.60. The highest BCUT2D eigenvalue weighted by molar-refractivity contribution is 6.30. The highest BCUT2D eigenvalue weighted by Crippen LogP contribution is 2.48. The molecule has 2 heterocycles. The van der Waals surface area contributed by atoms with Gasteiger partial charge in [-0.05, 0) is 44.0 Å². The van der Waals surface area contributed by atoms with Crippen LogP contribution in [0, 0.1) is 6.92 Å². The summed E-state index contributed by atoms with van der Waals surface area (Å²) in [7, 11) is 0. The largest absolute Gasteiger partial charge is 0.356 e. The number of imidazole rings is 1. The van der Waals surface area contributed by atoms with Gasteiger partial charge in [-0.25, -0.2) is 4.98 Å². The van der Waals surface area contributed by atoms with Crippen molar-refractivity contribution in [3.05, 3.63) is 59.3 Å². The first kappa shape index (κ1) is 16.8. The summed E-state index contributed by atoms with van der Waals surface area (Å²) in [6.45, 7) is 3.19. The van der Waals surface area contributed by atoms with Crippen molar-refractivity contribution in [2.75, 3.05) is 6.54 Å². The van der Waals surface area contributed by atoms with Gasteiger partial charge in [-0.15, -0.1) is 0 Å². The van der Waals surface area contributed by atoms with Crippen LogP contribution in [0.4, 0.5) is 0 Å². The zero-order chi connectivity index (χ0) is 18.1. The van der Waals surface area contributed by atoms with Crippen LogP contribution >= 0.6 is 11.6 Å². The molecule has 1 amide bonds. The molecule has 2 aromatic heterocycles. The predicted octanol–water partition coefficient (Wildman–Crippen LogP) is 3.35. The topological polar surface area (TPSA) is 73.0 Å². The van der Waals surface area contributed by atoms with Crippen LogP contribution in [0.5, 0.6) is 0 Å². The Bertz CT molecular complexity index is 925. The lowest BCUT2D eigenvalue weighted by Gasteiger charge is -2.13. The van der Waals surface area contributed by atoms with Crippen molar-refractivity contribution in [1.29, 1.82) is 0 Å². The number of nitrogens with one attached hydrogen (secondary N) is 1. The SMILES string of the molecule is Cc1nccn1CCNC(=O)C1(c2cc(-c3ccc(Cl)cc3)on2)CC1. The third kappa shape index (κ3) is 3.12. The molecule has 1 aliphatic carbocycles. The van der Waals surface area contributed by atoms with Gasteiger partial charge in [0.2, 0.25) is 5.91 Å². The average molecular weight is 371 g/mol. The first-order valence-electron chi connectivity index (χ1n) is 8.58. The number of aryl methyl sites for hydroxylation is 1. The Balaban J connectivity index is 1.43. The lowest BCUT2D eigenvalue weighted by atomic mass is 10.0. The first-order valence-corrected chi connectivity index (χ1v) is 8.95. The van der Waals surface area contributed by atoms with E-state index < -0.39 is 5.41 Å². The third-order valence-electron chi connectivity index (χ3n) is 4.88. The maximum Gasteiger partial charge on any atom is 0.232 e. The van der Waals surface area contributed by atoms with Crippen LogP contribution in [-0.2, 0) is 16.8 Å². The fourth-order valence-corrected chi connectivity index (χ4v) is 3.20. The second-order valence-electron chi connectivity index (χ2n) is 6.59. The molecule has 0 saturated heterocycles. The summed E-state index contributed by atoms with van der Waals surface area (Å²) < 4.78 is 7.47. The van der Waals surface area contributed by atoms with Crippen LogP contribution in [-0.4, -0.2) is 27.2 Å². The molecule has 0 atom stereocenters. The van der Waals surface area contributed by atoms with E-state index in [0.717, 1.165) is 24.2 Å². The monoisotopic (exact) mass is 370 g/mol. The van der Waals surface area contributed by atoms with E-state index in [1.165, 1.54) is 0 Å². The number of hydrogen-bond acceptors (Lipinski definition) is 4. The summed E-state index contributed by atoms with van der Waals surface area (Å²) in [6, 6.07) is 9.21. The standard InChI is InChI=1S/C19H19ClN4O2/c1-13-21-8-10-24(13)11-9-22-18(25)19(6-7-19)17-12-16(26-23-17)14-2-4-15(20)5-3-14/h2-5,8,10,12H,6-7,9,11H2,1H3,(H,22,25). The van der Waals surface area contributed by atoms with Crippen LogP contribution in [0.15, 0.2) is 47.2 Å². The first-order chi connectivity index (χ1) is 12.6. The van der Waals surface area contributed by atoms with Gasteiger partial charge in [0.05, 0.1) is 11.1 Å². The minimum absolute atomic E-state index is 0.00576. The number of rotatable bonds is 6. The highest BCUT2D eigenvalue weighted by atomic mass is 35.5. The lowest BCUT2D eigenvalue weighted by Crippen LogP contribution is -2.36. The van der Waals surface area contributed by atoms with Crippen LogP contribution in [0.25, 0.3) is 11.3 Å². The molecule has 0 spiro atoms. The molecule has 0 aliphatic heterocycles. The Morgan fingerprint density at radius 3 is 2.77 bits per heavy atom. The molecule has 1 N–H and O–H groups in total. The number of carbonyl (C=O) groups is 1.